The first-order valence-corrected chi connectivity index (χ1v) is 9.62. The molecule has 1 heterocycles. The molecule has 0 unspecified atom stereocenters. The van der Waals surface area contributed by atoms with Crippen molar-refractivity contribution in [3.8, 4) is 0 Å². The highest BCUT2D eigenvalue weighted by Gasteiger charge is 2.20. The van der Waals surface area contributed by atoms with E-state index in [0.29, 0.717) is 23.8 Å². The number of hydrogen-bond acceptors (Lipinski definition) is 5. The Bertz CT molecular complexity index is 1020. The lowest BCUT2D eigenvalue weighted by molar-refractivity contribution is 0.190. The Kier molecular flexibility index (Phi) is 7.45. The second-order valence-corrected chi connectivity index (χ2v) is 6.84. The minimum Gasteiger partial charge on any atom is -0.383 e. The average Bonchev–Trinajstić information content (AvgIpc) is 2.74. The van der Waals surface area contributed by atoms with E-state index >= 15 is 0 Å². The number of nitrogens with zero attached hydrogens (tertiary/aromatic N) is 3. The van der Waals surface area contributed by atoms with Crippen LogP contribution in [0.4, 0.5) is 31.0 Å². The molecule has 0 fully saturated rings. The van der Waals surface area contributed by atoms with Crippen molar-refractivity contribution in [2.45, 2.75) is 19.5 Å². The maximum Gasteiger partial charge on any atom is 0.327 e. The summed E-state index contributed by atoms with van der Waals surface area (Å²) in [4.78, 5) is 22.9. The summed E-state index contributed by atoms with van der Waals surface area (Å²) in [5.41, 5.74) is 1.01. The number of nitrogens with one attached hydrogen (secondary N) is 2. The van der Waals surface area contributed by atoms with Crippen molar-refractivity contribution >= 4 is 23.5 Å². The fourth-order valence-electron chi connectivity index (χ4n) is 2.90. The zero-order valence-corrected chi connectivity index (χ0v) is 17.2. The monoisotopic (exact) mass is 427 g/mol. The SMILES string of the molecule is COC[C@H](C)Nc1nccc(N(C(=O)NCc2cccc(F)c2)c2ccc(F)cc2)n1. The summed E-state index contributed by atoms with van der Waals surface area (Å²) >= 11 is 0. The Labute approximate surface area is 179 Å². The van der Waals surface area contributed by atoms with Crippen LogP contribution in [0.5, 0.6) is 0 Å². The second kappa shape index (κ2) is 10.4. The molecule has 1 atom stereocenters. The quantitative estimate of drug-likeness (QED) is 0.562. The molecular formula is C22H23F2N5O2. The Morgan fingerprint density at radius 2 is 1.90 bits per heavy atom. The molecular weight excluding hydrogens is 404 g/mol. The van der Waals surface area contributed by atoms with Gasteiger partial charge in [-0.15, -0.1) is 0 Å². The lowest BCUT2D eigenvalue weighted by atomic mass is 10.2. The summed E-state index contributed by atoms with van der Waals surface area (Å²) in [5.74, 6) is -0.223. The third-order valence-corrected chi connectivity index (χ3v) is 4.28. The van der Waals surface area contributed by atoms with Gasteiger partial charge in [-0.2, -0.15) is 4.98 Å². The van der Waals surface area contributed by atoms with E-state index in [4.69, 9.17) is 4.74 Å². The molecule has 1 aromatic heterocycles. The first-order valence-electron chi connectivity index (χ1n) is 9.62. The molecule has 0 bridgehead atoms. The van der Waals surface area contributed by atoms with E-state index in [9.17, 15) is 13.6 Å². The Morgan fingerprint density at radius 3 is 2.61 bits per heavy atom. The molecule has 2 N–H and O–H groups in total. The van der Waals surface area contributed by atoms with Crippen LogP contribution in [-0.2, 0) is 11.3 Å². The number of aromatic nitrogens is 2. The molecule has 7 nitrogen and oxygen atoms in total. The minimum absolute atomic E-state index is 0.0543. The van der Waals surface area contributed by atoms with Gasteiger partial charge >= 0.3 is 6.03 Å². The zero-order valence-electron chi connectivity index (χ0n) is 17.2. The Hall–Kier alpha value is -3.59. The molecule has 0 aliphatic heterocycles. The molecule has 162 valence electrons. The van der Waals surface area contributed by atoms with Gasteiger partial charge in [-0.25, -0.2) is 23.5 Å². The standard InChI is InChI=1S/C22H23F2N5O2/c1-15(14-31-2)27-21-25-11-10-20(28-21)29(19-8-6-17(23)7-9-19)22(30)26-13-16-4-3-5-18(24)12-16/h3-12,15H,13-14H2,1-2H3,(H,26,30)(H,25,27,28)/t15-/m0/s1. The van der Waals surface area contributed by atoms with Crippen LogP contribution >= 0.6 is 0 Å². The number of carbonyl (C=O) groups is 1. The molecule has 0 aliphatic carbocycles. The van der Waals surface area contributed by atoms with E-state index < -0.39 is 11.8 Å². The van der Waals surface area contributed by atoms with Crippen molar-refractivity contribution in [2.24, 2.45) is 0 Å². The number of amides is 2. The molecule has 0 saturated carbocycles. The molecule has 3 aromatic rings. The summed E-state index contributed by atoms with van der Waals surface area (Å²) in [7, 11) is 1.59. The average molecular weight is 427 g/mol. The highest BCUT2D eigenvalue weighted by Crippen LogP contribution is 2.25. The number of rotatable bonds is 8. The van der Waals surface area contributed by atoms with Gasteiger partial charge in [0.2, 0.25) is 5.95 Å². The van der Waals surface area contributed by atoms with Gasteiger partial charge in [0.05, 0.1) is 12.3 Å². The van der Waals surface area contributed by atoms with Gasteiger partial charge in [0.1, 0.15) is 17.5 Å². The summed E-state index contributed by atoms with van der Waals surface area (Å²) in [6.45, 7) is 2.46. The van der Waals surface area contributed by atoms with Crippen LogP contribution in [0.3, 0.4) is 0 Å². The van der Waals surface area contributed by atoms with Gasteiger partial charge in [0.25, 0.3) is 0 Å². The van der Waals surface area contributed by atoms with Crippen LogP contribution in [0, 0.1) is 11.6 Å². The van der Waals surface area contributed by atoms with Gasteiger partial charge in [-0.3, -0.25) is 0 Å². The van der Waals surface area contributed by atoms with E-state index in [1.165, 1.54) is 47.5 Å². The van der Waals surface area contributed by atoms with Gasteiger partial charge in [-0.1, -0.05) is 12.1 Å². The molecule has 2 amide bonds. The predicted octanol–water partition coefficient (Wildman–Crippen LogP) is 4.25. The molecule has 9 heteroatoms. The number of methoxy groups -OCH3 is 1. The van der Waals surface area contributed by atoms with E-state index in [1.807, 2.05) is 6.92 Å². The van der Waals surface area contributed by atoms with Crippen molar-refractivity contribution in [3.05, 3.63) is 78.0 Å². The van der Waals surface area contributed by atoms with Crippen molar-refractivity contribution in [1.82, 2.24) is 15.3 Å². The van der Waals surface area contributed by atoms with Crippen molar-refractivity contribution in [1.29, 1.82) is 0 Å². The number of ether oxygens (including phenoxy) is 1. The van der Waals surface area contributed by atoms with Crippen LogP contribution in [0.2, 0.25) is 0 Å². The molecule has 3 rings (SSSR count). The third kappa shape index (κ3) is 6.19. The van der Waals surface area contributed by atoms with Crippen LogP contribution in [0.1, 0.15) is 12.5 Å². The topological polar surface area (TPSA) is 79.4 Å². The highest BCUT2D eigenvalue weighted by molar-refractivity contribution is 5.98. The van der Waals surface area contributed by atoms with Crippen LogP contribution < -0.4 is 15.5 Å². The lowest BCUT2D eigenvalue weighted by Gasteiger charge is -2.23. The fraction of sp³-hybridized carbons (Fsp3) is 0.227. The van der Waals surface area contributed by atoms with Crippen molar-refractivity contribution in [2.75, 3.05) is 23.9 Å². The third-order valence-electron chi connectivity index (χ3n) is 4.28. The minimum atomic E-state index is -0.509. The van der Waals surface area contributed by atoms with E-state index in [0.717, 1.165) is 0 Å². The van der Waals surface area contributed by atoms with Gasteiger partial charge in [0.15, 0.2) is 0 Å². The van der Waals surface area contributed by atoms with Crippen LogP contribution in [0.25, 0.3) is 0 Å². The molecule has 31 heavy (non-hydrogen) atoms. The van der Waals surface area contributed by atoms with Crippen molar-refractivity contribution < 1.29 is 18.3 Å². The first kappa shape index (κ1) is 22.1. The zero-order chi connectivity index (χ0) is 22.2. The number of hydrogen-bond donors (Lipinski definition) is 2. The maximum atomic E-state index is 13.4. The summed E-state index contributed by atoms with van der Waals surface area (Å²) < 4.78 is 32.0. The van der Waals surface area contributed by atoms with Gasteiger partial charge < -0.3 is 15.4 Å². The fourth-order valence-corrected chi connectivity index (χ4v) is 2.90. The van der Waals surface area contributed by atoms with Gasteiger partial charge in [-0.05, 0) is 48.9 Å². The molecule has 0 radical (unpaired) electrons. The number of halogens is 2. The Morgan fingerprint density at radius 1 is 1.13 bits per heavy atom. The maximum absolute atomic E-state index is 13.4. The summed E-state index contributed by atoms with van der Waals surface area (Å²) in [6, 6.07) is 12.4. The van der Waals surface area contributed by atoms with Crippen LogP contribution in [0.15, 0.2) is 60.8 Å². The molecule has 2 aromatic carbocycles. The largest absolute Gasteiger partial charge is 0.383 e. The smallest absolute Gasteiger partial charge is 0.327 e. The Balaban J connectivity index is 1.86. The van der Waals surface area contributed by atoms with E-state index in [-0.39, 0.29) is 24.2 Å². The second-order valence-electron chi connectivity index (χ2n) is 6.84. The normalized spacial score (nSPS) is 11.6. The molecule has 0 saturated heterocycles. The lowest BCUT2D eigenvalue weighted by Crippen LogP contribution is -2.37. The summed E-state index contributed by atoms with van der Waals surface area (Å²) in [5, 5.41) is 5.84. The van der Waals surface area contributed by atoms with E-state index in [1.54, 1.807) is 25.3 Å². The highest BCUT2D eigenvalue weighted by atomic mass is 19.1. The number of urea groups is 1. The van der Waals surface area contributed by atoms with Gasteiger partial charge in [0, 0.05) is 32.0 Å². The van der Waals surface area contributed by atoms with E-state index in [2.05, 4.69) is 20.6 Å². The number of benzene rings is 2. The predicted molar refractivity (Wildman–Crippen MR) is 114 cm³/mol. The summed E-state index contributed by atoms with van der Waals surface area (Å²) in [6.07, 6.45) is 1.51. The number of anilines is 3. The number of carbonyl (C=O) groups excluding carboxylic acids is 1. The first-order chi connectivity index (χ1) is 15.0. The molecule has 0 spiro atoms. The van der Waals surface area contributed by atoms with Crippen LogP contribution in [-0.4, -0.2) is 35.8 Å². The van der Waals surface area contributed by atoms with Crippen molar-refractivity contribution in [3.63, 3.8) is 0 Å². The molecule has 0 aliphatic rings.